The van der Waals surface area contributed by atoms with Crippen molar-refractivity contribution >= 4 is 26.7 Å². The van der Waals surface area contributed by atoms with Crippen molar-refractivity contribution in [3.8, 4) is 0 Å². The van der Waals surface area contributed by atoms with Crippen LogP contribution in [0, 0.1) is 18.7 Å². The number of rotatable bonds is 7. The van der Waals surface area contributed by atoms with E-state index in [2.05, 4.69) is 0 Å². The summed E-state index contributed by atoms with van der Waals surface area (Å²) in [6.07, 6.45) is 0.270. The average molecular weight is 418 g/mol. The highest BCUT2D eigenvalue weighted by Crippen LogP contribution is 2.31. The second kappa shape index (κ2) is 7.99. The largest absolute Gasteiger partial charge is 0.480 e. The van der Waals surface area contributed by atoms with Crippen molar-refractivity contribution in [2.75, 3.05) is 5.75 Å². The fraction of sp³-hybridized carbons (Fsp3) is 0.318. The molecule has 0 spiro atoms. The molecule has 0 unspecified atom stereocenters. The molecule has 0 saturated heterocycles. The number of hydrogen-bond acceptors (Lipinski definition) is 3. The number of fused-ring (bicyclic) bond motifs is 1. The lowest BCUT2D eigenvalue weighted by Gasteiger charge is -2.13. The Morgan fingerprint density at radius 3 is 2.52 bits per heavy atom. The summed E-state index contributed by atoms with van der Waals surface area (Å²) in [7, 11) is -3.47. The Labute approximate surface area is 169 Å². The number of carbonyl (C=O) groups is 1. The number of halogens is 1. The fourth-order valence-corrected chi connectivity index (χ4v) is 5.64. The first-order valence-electron chi connectivity index (χ1n) is 9.40. The third-order valence-corrected chi connectivity index (χ3v) is 7.11. The van der Waals surface area contributed by atoms with Gasteiger partial charge < -0.3 is 9.67 Å². The number of nitrogens with zero attached hydrogens (tertiary/aromatic N) is 1. The maximum atomic E-state index is 13.9. The van der Waals surface area contributed by atoms with Gasteiger partial charge in [-0.1, -0.05) is 32.0 Å². The molecule has 0 amide bonds. The first kappa shape index (κ1) is 21.0. The number of sulfone groups is 1. The minimum absolute atomic E-state index is 0.0126. The number of benzene rings is 2. The standard InChI is InChI=1S/C22H24FNO4S/c1-14(2)13-29(27,28)21-7-5-4-6-16(21)10-18-15(3)24(12-22(25)26)20-9-8-17(23)11-19(18)20/h4-9,11,14H,10,12-13H2,1-3H3,(H,25,26). The molecule has 29 heavy (non-hydrogen) atoms. The molecule has 3 rings (SSSR count). The van der Waals surface area contributed by atoms with Crippen LogP contribution in [0.15, 0.2) is 47.4 Å². The molecule has 0 saturated carbocycles. The Kier molecular flexibility index (Phi) is 5.80. The Bertz CT molecular complexity index is 1180. The number of aliphatic carboxylic acids is 1. The zero-order valence-electron chi connectivity index (χ0n) is 16.6. The van der Waals surface area contributed by atoms with Crippen LogP contribution in [0.4, 0.5) is 4.39 Å². The van der Waals surface area contributed by atoms with Gasteiger partial charge in [-0.2, -0.15) is 0 Å². The molecule has 0 bridgehead atoms. The molecule has 154 valence electrons. The molecule has 0 aliphatic carbocycles. The van der Waals surface area contributed by atoms with Crippen LogP contribution in [0.3, 0.4) is 0 Å². The Morgan fingerprint density at radius 1 is 1.17 bits per heavy atom. The normalized spacial score (nSPS) is 12.0. The molecular formula is C22H24FNO4S. The van der Waals surface area contributed by atoms with Gasteiger partial charge in [0.15, 0.2) is 9.84 Å². The zero-order valence-corrected chi connectivity index (χ0v) is 17.5. The van der Waals surface area contributed by atoms with E-state index in [1.807, 2.05) is 13.8 Å². The van der Waals surface area contributed by atoms with Crippen molar-refractivity contribution < 1.29 is 22.7 Å². The molecule has 1 heterocycles. The Morgan fingerprint density at radius 2 is 1.86 bits per heavy atom. The smallest absolute Gasteiger partial charge is 0.323 e. The lowest BCUT2D eigenvalue weighted by atomic mass is 10.0. The number of hydrogen-bond donors (Lipinski definition) is 1. The van der Waals surface area contributed by atoms with Crippen molar-refractivity contribution in [3.63, 3.8) is 0 Å². The summed E-state index contributed by atoms with van der Waals surface area (Å²) in [6, 6.07) is 11.1. The highest BCUT2D eigenvalue weighted by Gasteiger charge is 2.22. The van der Waals surface area contributed by atoms with Crippen LogP contribution < -0.4 is 0 Å². The molecule has 0 radical (unpaired) electrons. The summed E-state index contributed by atoms with van der Waals surface area (Å²) in [6.45, 7) is 5.24. The molecule has 1 aromatic heterocycles. The second-order valence-corrected chi connectivity index (χ2v) is 9.67. The van der Waals surface area contributed by atoms with Gasteiger partial charge in [-0.05, 0) is 48.2 Å². The van der Waals surface area contributed by atoms with Crippen LogP contribution in [0.5, 0.6) is 0 Å². The number of aromatic nitrogens is 1. The fourth-order valence-electron chi connectivity index (χ4n) is 3.76. The van der Waals surface area contributed by atoms with Gasteiger partial charge in [0.1, 0.15) is 12.4 Å². The molecule has 0 atom stereocenters. The first-order chi connectivity index (χ1) is 13.6. The monoisotopic (exact) mass is 417 g/mol. The molecule has 1 N–H and O–H groups in total. The molecule has 0 aliphatic rings. The molecule has 2 aromatic carbocycles. The van der Waals surface area contributed by atoms with E-state index in [4.69, 9.17) is 0 Å². The summed E-state index contributed by atoms with van der Waals surface area (Å²) in [5.74, 6) is -1.40. The van der Waals surface area contributed by atoms with E-state index in [0.29, 0.717) is 22.2 Å². The van der Waals surface area contributed by atoms with E-state index in [0.717, 1.165) is 5.56 Å². The quantitative estimate of drug-likeness (QED) is 0.625. The van der Waals surface area contributed by atoms with E-state index >= 15 is 0 Å². The van der Waals surface area contributed by atoms with Crippen molar-refractivity contribution in [1.29, 1.82) is 0 Å². The third kappa shape index (κ3) is 4.34. The Hall–Kier alpha value is -2.67. The zero-order chi connectivity index (χ0) is 21.3. The van der Waals surface area contributed by atoms with E-state index in [-0.39, 0.29) is 29.5 Å². The summed E-state index contributed by atoms with van der Waals surface area (Å²) in [5.41, 5.74) is 2.65. The topological polar surface area (TPSA) is 76.4 Å². The number of carboxylic acids is 1. The van der Waals surface area contributed by atoms with Crippen LogP contribution >= 0.6 is 0 Å². The lowest BCUT2D eigenvalue weighted by molar-refractivity contribution is -0.137. The van der Waals surface area contributed by atoms with Gasteiger partial charge in [0, 0.05) is 23.0 Å². The first-order valence-corrected chi connectivity index (χ1v) is 11.0. The molecule has 0 aliphatic heterocycles. The highest BCUT2D eigenvalue weighted by atomic mass is 32.2. The van der Waals surface area contributed by atoms with Crippen LogP contribution in [0.1, 0.15) is 30.7 Å². The van der Waals surface area contributed by atoms with Gasteiger partial charge in [-0.3, -0.25) is 4.79 Å². The van der Waals surface area contributed by atoms with E-state index in [1.54, 1.807) is 41.8 Å². The summed E-state index contributed by atoms with van der Waals surface area (Å²) in [4.78, 5) is 11.6. The van der Waals surface area contributed by atoms with Gasteiger partial charge >= 0.3 is 5.97 Å². The summed E-state index contributed by atoms with van der Waals surface area (Å²) in [5, 5.41) is 9.86. The van der Waals surface area contributed by atoms with Crippen LogP contribution in [0.2, 0.25) is 0 Å². The van der Waals surface area contributed by atoms with Crippen molar-refractivity contribution in [2.24, 2.45) is 5.92 Å². The predicted molar refractivity (Wildman–Crippen MR) is 110 cm³/mol. The van der Waals surface area contributed by atoms with Gasteiger partial charge in [0.05, 0.1) is 10.6 Å². The van der Waals surface area contributed by atoms with Gasteiger partial charge in [0.2, 0.25) is 0 Å². The van der Waals surface area contributed by atoms with Crippen LogP contribution in [-0.4, -0.2) is 29.8 Å². The van der Waals surface area contributed by atoms with Gasteiger partial charge in [-0.25, -0.2) is 12.8 Å². The van der Waals surface area contributed by atoms with E-state index < -0.39 is 21.6 Å². The average Bonchev–Trinajstić information content (AvgIpc) is 2.86. The van der Waals surface area contributed by atoms with Gasteiger partial charge in [0.25, 0.3) is 0 Å². The highest BCUT2D eigenvalue weighted by molar-refractivity contribution is 7.91. The van der Waals surface area contributed by atoms with Gasteiger partial charge in [-0.15, -0.1) is 0 Å². The molecule has 5 nitrogen and oxygen atoms in total. The Balaban J connectivity index is 2.16. The minimum atomic E-state index is -3.47. The van der Waals surface area contributed by atoms with Crippen LogP contribution in [0.25, 0.3) is 10.9 Å². The molecule has 3 aromatic rings. The van der Waals surface area contributed by atoms with Crippen LogP contribution in [-0.2, 0) is 27.6 Å². The van der Waals surface area contributed by atoms with Crippen molar-refractivity contribution in [3.05, 3.63) is 65.1 Å². The predicted octanol–water partition coefficient (Wildman–Crippen LogP) is 4.19. The van der Waals surface area contributed by atoms with Crippen molar-refractivity contribution in [2.45, 2.75) is 38.6 Å². The summed E-state index contributed by atoms with van der Waals surface area (Å²) >= 11 is 0. The maximum absolute atomic E-state index is 13.9. The SMILES string of the molecule is Cc1c(Cc2ccccc2S(=O)(=O)CC(C)C)c2cc(F)ccc2n1CC(=O)O. The van der Waals surface area contributed by atoms with E-state index in [1.165, 1.54) is 12.1 Å². The van der Waals surface area contributed by atoms with Crippen molar-refractivity contribution in [1.82, 2.24) is 4.57 Å². The molecule has 7 heteroatoms. The minimum Gasteiger partial charge on any atom is -0.480 e. The number of carboxylic acid groups (broad SMARTS) is 1. The third-order valence-electron chi connectivity index (χ3n) is 4.94. The van der Waals surface area contributed by atoms with E-state index in [9.17, 15) is 22.7 Å². The molecule has 0 fully saturated rings. The lowest BCUT2D eigenvalue weighted by Crippen LogP contribution is -2.14. The summed E-state index contributed by atoms with van der Waals surface area (Å²) < 4.78 is 41.3. The maximum Gasteiger partial charge on any atom is 0.323 e. The molecular weight excluding hydrogens is 393 g/mol. The second-order valence-electron chi connectivity index (χ2n) is 7.67.